The molecule has 1 aromatic carbocycles. The molecule has 1 atom stereocenters. The summed E-state index contributed by atoms with van der Waals surface area (Å²) in [5.41, 5.74) is 0.908. The lowest BCUT2D eigenvalue weighted by molar-refractivity contribution is -0.120. The summed E-state index contributed by atoms with van der Waals surface area (Å²) in [6, 6.07) is 9.13. The van der Waals surface area contributed by atoms with Crippen molar-refractivity contribution in [3.63, 3.8) is 0 Å². The van der Waals surface area contributed by atoms with Crippen molar-refractivity contribution in [2.45, 2.75) is 25.9 Å². The van der Waals surface area contributed by atoms with E-state index in [2.05, 4.69) is 20.6 Å². The van der Waals surface area contributed by atoms with Crippen molar-refractivity contribution in [1.82, 2.24) is 20.0 Å². The van der Waals surface area contributed by atoms with E-state index in [9.17, 15) is 9.90 Å². The predicted octanol–water partition coefficient (Wildman–Crippen LogP) is 1.84. The molecule has 120 valence electrons. The van der Waals surface area contributed by atoms with E-state index in [1.807, 2.05) is 25.1 Å². The molecule has 3 N–H and O–H groups in total. The summed E-state index contributed by atoms with van der Waals surface area (Å²) in [6.45, 7) is 3.48. The van der Waals surface area contributed by atoms with E-state index in [0.717, 1.165) is 11.1 Å². The van der Waals surface area contributed by atoms with Crippen LogP contribution in [0.15, 0.2) is 30.3 Å². The zero-order valence-corrected chi connectivity index (χ0v) is 13.3. The van der Waals surface area contributed by atoms with Crippen molar-refractivity contribution in [3.8, 4) is 0 Å². The molecule has 7 heteroatoms. The Morgan fingerprint density at radius 3 is 2.78 bits per heavy atom. The number of carbonyl (C=O) groups excluding carboxylic acids is 1. The number of nitrogens with zero attached hydrogens (tertiary/aromatic N) is 3. The SMILES string of the molecule is Cc1nn(C)c2n[nH]c(NC(=O)CC(C)(O)c3ccccc3)c12. The van der Waals surface area contributed by atoms with Crippen molar-refractivity contribution >= 4 is 22.8 Å². The zero-order valence-electron chi connectivity index (χ0n) is 13.3. The summed E-state index contributed by atoms with van der Waals surface area (Å²) < 4.78 is 1.65. The van der Waals surface area contributed by atoms with Gasteiger partial charge in [-0.25, -0.2) is 4.68 Å². The molecule has 23 heavy (non-hydrogen) atoms. The number of rotatable bonds is 4. The molecule has 0 saturated heterocycles. The summed E-state index contributed by atoms with van der Waals surface area (Å²) in [5, 5.41) is 25.3. The lowest BCUT2D eigenvalue weighted by Gasteiger charge is -2.23. The molecule has 0 fully saturated rings. The van der Waals surface area contributed by atoms with Gasteiger partial charge in [0.25, 0.3) is 0 Å². The van der Waals surface area contributed by atoms with Gasteiger partial charge in [-0.3, -0.25) is 9.89 Å². The average molecular weight is 313 g/mol. The minimum Gasteiger partial charge on any atom is -0.385 e. The molecule has 0 bridgehead atoms. The van der Waals surface area contributed by atoms with Gasteiger partial charge in [-0.1, -0.05) is 30.3 Å². The Morgan fingerprint density at radius 1 is 1.39 bits per heavy atom. The highest BCUT2D eigenvalue weighted by atomic mass is 16.3. The van der Waals surface area contributed by atoms with Crippen LogP contribution in [0, 0.1) is 6.92 Å². The Labute approximate surface area is 133 Å². The number of aromatic amines is 1. The number of aromatic nitrogens is 4. The quantitative estimate of drug-likeness (QED) is 0.685. The number of amides is 1. The van der Waals surface area contributed by atoms with Gasteiger partial charge in [0.1, 0.15) is 5.82 Å². The number of hydrogen-bond donors (Lipinski definition) is 3. The van der Waals surface area contributed by atoms with Crippen LogP contribution in [-0.2, 0) is 17.4 Å². The maximum atomic E-state index is 12.3. The van der Waals surface area contributed by atoms with E-state index in [1.54, 1.807) is 30.8 Å². The average Bonchev–Trinajstić information content (AvgIpc) is 3.02. The van der Waals surface area contributed by atoms with Gasteiger partial charge < -0.3 is 10.4 Å². The second kappa shape index (κ2) is 5.51. The lowest BCUT2D eigenvalue weighted by Crippen LogP contribution is -2.28. The largest absolute Gasteiger partial charge is 0.385 e. The number of aryl methyl sites for hydroxylation is 2. The first-order valence-electron chi connectivity index (χ1n) is 7.34. The van der Waals surface area contributed by atoms with Crippen molar-refractivity contribution in [3.05, 3.63) is 41.6 Å². The number of benzene rings is 1. The van der Waals surface area contributed by atoms with Crippen molar-refractivity contribution in [1.29, 1.82) is 0 Å². The number of aliphatic hydroxyl groups is 1. The van der Waals surface area contributed by atoms with Gasteiger partial charge in [-0.05, 0) is 19.4 Å². The van der Waals surface area contributed by atoms with Crippen molar-refractivity contribution in [2.75, 3.05) is 5.32 Å². The Hall–Kier alpha value is -2.67. The van der Waals surface area contributed by atoms with Crippen LogP contribution in [-0.4, -0.2) is 31.0 Å². The van der Waals surface area contributed by atoms with E-state index in [4.69, 9.17) is 0 Å². The number of carbonyl (C=O) groups is 1. The van der Waals surface area contributed by atoms with Gasteiger partial charge in [-0.15, -0.1) is 0 Å². The summed E-state index contributed by atoms with van der Waals surface area (Å²) in [4.78, 5) is 12.3. The normalized spacial score (nSPS) is 13.9. The summed E-state index contributed by atoms with van der Waals surface area (Å²) >= 11 is 0. The number of fused-ring (bicyclic) bond motifs is 1. The highest BCUT2D eigenvalue weighted by Crippen LogP contribution is 2.27. The predicted molar refractivity (Wildman–Crippen MR) is 86.9 cm³/mol. The topological polar surface area (TPSA) is 95.8 Å². The molecule has 3 aromatic rings. The van der Waals surface area contributed by atoms with Gasteiger partial charge in [0.05, 0.1) is 23.1 Å². The molecule has 0 spiro atoms. The van der Waals surface area contributed by atoms with Crippen LogP contribution in [0.2, 0.25) is 0 Å². The minimum atomic E-state index is -1.24. The van der Waals surface area contributed by atoms with Crippen molar-refractivity contribution in [2.24, 2.45) is 7.05 Å². The Kier molecular flexibility index (Phi) is 3.65. The van der Waals surface area contributed by atoms with Gasteiger partial charge >= 0.3 is 0 Å². The molecule has 0 aliphatic carbocycles. The fraction of sp³-hybridized carbons (Fsp3) is 0.312. The molecular weight excluding hydrogens is 294 g/mol. The van der Waals surface area contributed by atoms with Gasteiger partial charge in [-0.2, -0.15) is 10.2 Å². The monoisotopic (exact) mass is 313 g/mol. The summed E-state index contributed by atoms with van der Waals surface area (Å²) in [5.74, 6) is 0.201. The van der Waals surface area contributed by atoms with Crippen molar-refractivity contribution < 1.29 is 9.90 Å². The van der Waals surface area contributed by atoms with Gasteiger partial charge in [0.2, 0.25) is 5.91 Å². The third-order valence-corrected chi connectivity index (χ3v) is 3.88. The van der Waals surface area contributed by atoms with E-state index < -0.39 is 5.60 Å². The first-order chi connectivity index (χ1) is 10.9. The molecular formula is C16H19N5O2. The Balaban J connectivity index is 1.79. The van der Waals surface area contributed by atoms with Gasteiger partial charge in [0, 0.05) is 7.05 Å². The first kappa shape index (κ1) is 15.2. The van der Waals surface area contributed by atoms with Crippen LogP contribution in [0.4, 0.5) is 5.82 Å². The maximum Gasteiger partial charge on any atom is 0.228 e. The second-order valence-corrected chi connectivity index (χ2v) is 5.87. The molecule has 2 aromatic heterocycles. The van der Waals surface area contributed by atoms with Crippen LogP contribution in [0.25, 0.3) is 11.0 Å². The molecule has 0 radical (unpaired) electrons. The molecule has 1 unspecified atom stereocenters. The van der Waals surface area contributed by atoms with E-state index in [1.165, 1.54) is 0 Å². The summed E-state index contributed by atoms with van der Waals surface area (Å²) in [7, 11) is 1.79. The fourth-order valence-corrected chi connectivity index (χ4v) is 2.72. The number of anilines is 1. The third kappa shape index (κ3) is 2.83. The number of nitrogens with one attached hydrogen (secondary N) is 2. The van der Waals surface area contributed by atoms with E-state index in [0.29, 0.717) is 17.0 Å². The van der Waals surface area contributed by atoms with Crippen LogP contribution in [0.3, 0.4) is 0 Å². The first-order valence-corrected chi connectivity index (χ1v) is 7.34. The van der Waals surface area contributed by atoms with Gasteiger partial charge in [0.15, 0.2) is 5.65 Å². The zero-order chi connectivity index (χ0) is 16.6. The Morgan fingerprint density at radius 2 is 2.09 bits per heavy atom. The standard InChI is InChI=1S/C16H19N5O2/c1-10-13-14(18-19-15(13)21(3)20-10)17-12(22)9-16(2,23)11-7-5-4-6-8-11/h4-8,23H,9H2,1-3H3,(H2,17,18,19,22). The van der Waals surface area contributed by atoms with Crippen LogP contribution < -0.4 is 5.32 Å². The fourth-order valence-electron chi connectivity index (χ4n) is 2.72. The minimum absolute atomic E-state index is 0.0587. The van der Waals surface area contributed by atoms with Crippen LogP contribution in [0.1, 0.15) is 24.6 Å². The molecule has 0 saturated carbocycles. The molecule has 7 nitrogen and oxygen atoms in total. The van der Waals surface area contributed by atoms with Crippen LogP contribution >= 0.6 is 0 Å². The van der Waals surface area contributed by atoms with Crippen LogP contribution in [0.5, 0.6) is 0 Å². The third-order valence-electron chi connectivity index (χ3n) is 3.88. The molecule has 0 aliphatic heterocycles. The number of hydrogen-bond acceptors (Lipinski definition) is 4. The van der Waals surface area contributed by atoms with E-state index in [-0.39, 0.29) is 12.3 Å². The highest BCUT2D eigenvalue weighted by molar-refractivity contribution is 6.00. The lowest BCUT2D eigenvalue weighted by atomic mass is 9.92. The maximum absolute atomic E-state index is 12.3. The van der Waals surface area contributed by atoms with E-state index >= 15 is 0 Å². The highest BCUT2D eigenvalue weighted by Gasteiger charge is 2.27. The second-order valence-electron chi connectivity index (χ2n) is 5.87. The summed E-state index contributed by atoms with van der Waals surface area (Å²) in [6.07, 6.45) is -0.0587. The number of H-pyrrole nitrogens is 1. The Bertz CT molecular complexity index is 848. The smallest absolute Gasteiger partial charge is 0.228 e. The molecule has 2 heterocycles. The molecule has 3 rings (SSSR count). The molecule has 0 aliphatic rings. The molecule has 1 amide bonds.